The van der Waals surface area contributed by atoms with Crippen molar-refractivity contribution in [2.24, 2.45) is 0 Å². The van der Waals surface area contributed by atoms with Gasteiger partial charge in [0, 0.05) is 13.0 Å². The molecule has 0 saturated heterocycles. The number of fused-ring (bicyclic) bond motifs is 1. The zero-order valence-electron chi connectivity index (χ0n) is 13.4. The second-order valence-electron chi connectivity index (χ2n) is 5.75. The van der Waals surface area contributed by atoms with Crippen molar-refractivity contribution in [2.75, 3.05) is 18.5 Å². The third-order valence-corrected chi connectivity index (χ3v) is 3.90. The van der Waals surface area contributed by atoms with Gasteiger partial charge in [-0.15, -0.1) is 0 Å². The number of hydrogen-bond donors (Lipinski definition) is 2. The van der Waals surface area contributed by atoms with Crippen LogP contribution in [-0.4, -0.2) is 25.0 Å². The number of ether oxygens (including phenoxy) is 1. The molecule has 0 aliphatic carbocycles. The predicted octanol–water partition coefficient (Wildman–Crippen LogP) is 2.31. The quantitative estimate of drug-likeness (QED) is 0.857. The van der Waals surface area contributed by atoms with E-state index < -0.39 is 0 Å². The Morgan fingerprint density at radius 3 is 2.75 bits per heavy atom. The van der Waals surface area contributed by atoms with Crippen LogP contribution in [0.15, 0.2) is 48.5 Å². The number of carbonyl (C=O) groups is 2. The lowest BCUT2D eigenvalue weighted by Gasteiger charge is -2.18. The summed E-state index contributed by atoms with van der Waals surface area (Å²) >= 11 is 0. The lowest BCUT2D eigenvalue weighted by atomic mass is 10.1. The summed E-state index contributed by atoms with van der Waals surface area (Å²) in [4.78, 5) is 23.2. The van der Waals surface area contributed by atoms with Gasteiger partial charge >= 0.3 is 0 Å². The number of carbonyl (C=O) groups excluding carboxylic acids is 2. The molecule has 1 aliphatic rings. The largest absolute Gasteiger partial charge is 0.482 e. The Labute approximate surface area is 141 Å². The molecule has 5 nitrogen and oxygen atoms in total. The molecule has 2 amide bonds. The first kappa shape index (κ1) is 16.1. The van der Waals surface area contributed by atoms with Gasteiger partial charge in [0.25, 0.3) is 5.91 Å². The smallest absolute Gasteiger partial charge is 0.262 e. The minimum Gasteiger partial charge on any atom is -0.482 e. The van der Waals surface area contributed by atoms with Gasteiger partial charge in [-0.2, -0.15) is 0 Å². The summed E-state index contributed by atoms with van der Waals surface area (Å²) in [5.41, 5.74) is 2.90. The van der Waals surface area contributed by atoms with Crippen LogP contribution in [0.2, 0.25) is 0 Å². The van der Waals surface area contributed by atoms with Gasteiger partial charge < -0.3 is 15.4 Å². The molecule has 1 heterocycles. The monoisotopic (exact) mass is 324 g/mol. The van der Waals surface area contributed by atoms with Crippen molar-refractivity contribution in [1.29, 1.82) is 0 Å². The van der Waals surface area contributed by atoms with Crippen molar-refractivity contribution < 1.29 is 14.3 Å². The molecule has 3 rings (SSSR count). The van der Waals surface area contributed by atoms with E-state index in [0.717, 1.165) is 17.5 Å². The Balaban J connectivity index is 1.44. The first-order valence-electron chi connectivity index (χ1n) is 8.07. The second kappa shape index (κ2) is 7.64. The van der Waals surface area contributed by atoms with E-state index in [2.05, 4.69) is 10.6 Å². The van der Waals surface area contributed by atoms with Crippen LogP contribution in [0, 0.1) is 0 Å². The molecule has 24 heavy (non-hydrogen) atoms. The van der Waals surface area contributed by atoms with Crippen molar-refractivity contribution in [1.82, 2.24) is 5.32 Å². The van der Waals surface area contributed by atoms with Crippen LogP contribution in [0.3, 0.4) is 0 Å². The van der Waals surface area contributed by atoms with Crippen LogP contribution < -0.4 is 15.4 Å². The zero-order chi connectivity index (χ0) is 16.8. The van der Waals surface area contributed by atoms with Crippen LogP contribution in [0.25, 0.3) is 0 Å². The van der Waals surface area contributed by atoms with E-state index in [1.165, 1.54) is 0 Å². The van der Waals surface area contributed by atoms with E-state index in [4.69, 9.17) is 4.74 Å². The van der Waals surface area contributed by atoms with Gasteiger partial charge in [-0.25, -0.2) is 0 Å². The van der Waals surface area contributed by atoms with Gasteiger partial charge in [-0.05, 0) is 36.1 Å². The van der Waals surface area contributed by atoms with Crippen molar-refractivity contribution in [3.8, 4) is 5.75 Å². The molecule has 0 aromatic heterocycles. The number of anilines is 1. The Morgan fingerprint density at radius 2 is 1.92 bits per heavy atom. The fourth-order valence-corrected chi connectivity index (χ4v) is 2.62. The summed E-state index contributed by atoms with van der Waals surface area (Å²) < 4.78 is 5.33. The van der Waals surface area contributed by atoms with E-state index in [0.29, 0.717) is 30.8 Å². The maximum absolute atomic E-state index is 11.9. The van der Waals surface area contributed by atoms with Crippen LogP contribution >= 0.6 is 0 Å². The SMILES string of the molecule is O=C(CCc1ccccc1)NCCc1ccc2c(c1)NC(=O)CO2. The number of nitrogens with one attached hydrogen (secondary N) is 2. The standard InChI is InChI=1S/C19H20N2O3/c22-18(9-7-14-4-2-1-3-5-14)20-11-10-15-6-8-17-16(12-15)21-19(23)13-24-17/h1-6,8,12H,7,9-11,13H2,(H,20,22)(H,21,23). The third-order valence-electron chi connectivity index (χ3n) is 3.90. The van der Waals surface area contributed by atoms with E-state index in [1.807, 2.05) is 48.5 Å². The average molecular weight is 324 g/mol. The summed E-state index contributed by atoms with van der Waals surface area (Å²) in [5, 5.41) is 5.72. The summed E-state index contributed by atoms with van der Waals surface area (Å²) in [5.74, 6) is 0.590. The van der Waals surface area contributed by atoms with Gasteiger partial charge in [-0.1, -0.05) is 36.4 Å². The fourth-order valence-electron chi connectivity index (χ4n) is 2.62. The molecule has 0 spiro atoms. The van der Waals surface area contributed by atoms with Crippen LogP contribution in [0.5, 0.6) is 5.75 Å². The fraction of sp³-hybridized carbons (Fsp3) is 0.263. The molecule has 0 unspecified atom stereocenters. The molecular formula is C19H20N2O3. The van der Waals surface area contributed by atoms with Gasteiger partial charge in [0.1, 0.15) is 5.75 Å². The van der Waals surface area contributed by atoms with Crippen molar-refractivity contribution in [3.05, 3.63) is 59.7 Å². The second-order valence-corrected chi connectivity index (χ2v) is 5.75. The highest BCUT2D eigenvalue weighted by atomic mass is 16.5. The summed E-state index contributed by atoms with van der Waals surface area (Å²) in [6.07, 6.45) is 1.94. The molecule has 0 atom stereocenters. The summed E-state index contributed by atoms with van der Waals surface area (Å²) in [6.45, 7) is 0.630. The summed E-state index contributed by atoms with van der Waals surface area (Å²) in [6, 6.07) is 15.7. The average Bonchev–Trinajstić information content (AvgIpc) is 2.60. The maximum Gasteiger partial charge on any atom is 0.262 e. The first-order valence-corrected chi connectivity index (χ1v) is 8.07. The lowest BCUT2D eigenvalue weighted by molar-refractivity contribution is -0.121. The van der Waals surface area contributed by atoms with Crippen LogP contribution in [0.1, 0.15) is 17.5 Å². The van der Waals surface area contributed by atoms with E-state index >= 15 is 0 Å². The van der Waals surface area contributed by atoms with Crippen molar-refractivity contribution >= 4 is 17.5 Å². The number of rotatable bonds is 6. The molecule has 0 fully saturated rings. The van der Waals surface area contributed by atoms with Crippen LogP contribution in [-0.2, 0) is 22.4 Å². The van der Waals surface area contributed by atoms with E-state index in [9.17, 15) is 9.59 Å². The maximum atomic E-state index is 11.9. The number of aryl methyl sites for hydroxylation is 1. The molecule has 0 bridgehead atoms. The predicted molar refractivity (Wildman–Crippen MR) is 92.0 cm³/mol. The molecule has 0 saturated carbocycles. The highest BCUT2D eigenvalue weighted by molar-refractivity contribution is 5.95. The third kappa shape index (κ3) is 4.35. The number of amides is 2. The zero-order valence-corrected chi connectivity index (χ0v) is 13.4. The van der Waals surface area contributed by atoms with Gasteiger partial charge in [0.05, 0.1) is 5.69 Å². The normalized spacial score (nSPS) is 12.8. The van der Waals surface area contributed by atoms with E-state index in [1.54, 1.807) is 0 Å². The Bertz CT molecular complexity index is 729. The lowest BCUT2D eigenvalue weighted by Crippen LogP contribution is -2.26. The minimum atomic E-state index is -0.145. The molecule has 1 aliphatic heterocycles. The van der Waals surface area contributed by atoms with Gasteiger partial charge in [-0.3, -0.25) is 9.59 Å². The van der Waals surface area contributed by atoms with Gasteiger partial charge in [0.2, 0.25) is 5.91 Å². The Hall–Kier alpha value is -2.82. The van der Waals surface area contributed by atoms with Gasteiger partial charge in [0.15, 0.2) is 6.61 Å². The summed E-state index contributed by atoms with van der Waals surface area (Å²) in [7, 11) is 0. The number of benzene rings is 2. The first-order chi connectivity index (χ1) is 11.7. The van der Waals surface area contributed by atoms with Crippen molar-refractivity contribution in [2.45, 2.75) is 19.3 Å². The highest BCUT2D eigenvalue weighted by Crippen LogP contribution is 2.28. The van der Waals surface area contributed by atoms with Crippen LogP contribution in [0.4, 0.5) is 5.69 Å². The molecular weight excluding hydrogens is 304 g/mol. The minimum absolute atomic E-state index is 0.0495. The van der Waals surface area contributed by atoms with E-state index in [-0.39, 0.29) is 18.4 Å². The highest BCUT2D eigenvalue weighted by Gasteiger charge is 2.15. The molecule has 2 N–H and O–H groups in total. The molecule has 2 aromatic carbocycles. The van der Waals surface area contributed by atoms with Crippen molar-refractivity contribution in [3.63, 3.8) is 0 Å². The molecule has 2 aromatic rings. The topological polar surface area (TPSA) is 67.4 Å². The number of hydrogen-bond acceptors (Lipinski definition) is 3. The Morgan fingerprint density at radius 1 is 1.08 bits per heavy atom. The molecule has 124 valence electrons. The Kier molecular flexibility index (Phi) is 5.11. The molecule has 5 heteroatoms. The molecule has 0 radical (unpaired) electrons.